The number of hydrogen-bond donors (Lipinski definition) is 1. The second-order valence-corrected chi connectivity index (χ2v) is 19.8. The fourth-order valence-electron chi connectivity index (χ4n) is 7.36. The molecular formula is C64H106NO8+. The molecule has 0 aromatic heterocycles. The zero-order valence-corrected chi connectivity index (χ0v) is 47.0. The highest BCUT2D eigenvalue weighted by atomic mass is 16.7. The number of carbonyl (C=O) groups is 3. The zero-order valence-electron chi connectivity index (χ0n) is 47.0. The van der Waals surface area contributed by atoms with Crippen molar-refractivity contribution in [3.63, 3.8) is 0 Å². The van der Waals surface area contributed by atoms with E-state index in [1.165, 1.54) is 44.9 Å². The van der Waals surface area contributed by atoms with E-state index >= 15 is 0 Å². The van der Waals surface area contributed by atoms with E-state index in [1.807, 2.05) is 21.1 Å². The minimum atomic E-state index is -1.52. The number of rotatable bonds is 51. The number of esters is 2. The number of likely N-dealkylation sites (N-methyl/N-ethyl adjacent to an activating group) is 1. The lowest BCUT2D eigenvalue weighted by atomic mass is 10.0. The molecule has 0 aliphatic carbocycles. The van der Waals surface area contributed by atoms with Gasteiger partial charge in [-0.3, -0.25) is 9.59 Å². The SMILES string of the molecule is CC/C=C\C/C=C\C/C=C\C/C=C\C/C=C\C/C=C\CCCCCCCCCCCCC(=O)OC(COC(=O)CCCCCCCC/C=C\C/C=C\C/C=C\C/C=C\CC)COC(OCC[N+](C)(C)C)C(=O)O. The number of aliphatic carboxylic acids is 1. The van der Waals surface area contributed by atoms with Crippen LogP contribution < -0.4 is 0 Å². The average Bonchev–Trinajstić information content (AvgIpc) is 3.36. The first-order valence-electron chi connectivity index (χ1n) is 28.7. The lowest BCUT2D eigenvalue weighted by Crippen LogP contribution is -2.40. The molecule has 0 spiro atoms. The maximum Gasteiger partial charge on any atom is 0.361 e. The molecule has 414 valence electrons. The summed E-state index contributed by atoms with van der Waals surface area (Å²) in [6.45, 7) is 4.61. The Labute approximate surface area is 447 Å². The number of unbranched alkanes of at least 4 members (excludes halogenated alkanes) is 16. The van der Waals surface area contributed by atoms with Crippen LogP contribution in [0.2, 0.25) is 0 Å². The second-order valence-electron chi connectivity index (χ2n) is 19.8. The van der Waals surface area contributed by atoms with Crippen LogP contribution in [0.4, 0.5) is 0 Å². The van der Waals surface area contributed by atoms with Gasteiger partial charge >= 0.3 is 17.9 Å². The lowest BCUT2D eigenvalue weighted by Gasteiger charge is -2.25. The number of allylic oxidation sites excluding steroid dienone is 20. The largest absolute Gasteiger partial charge is 0.477 e. The van der Waals surface area contributed by atoms with E-state index in [0.29, 0.717) is 17.4 Å². The molecule has 0 aliphatic heterocycles. The maximum absolute atomic E-state index is 12.9. The van der Waals surface area contributed by atoms with Gasteiger partial charge in [0, 0.05) is 12.8 Å². The second kappa shape index (κ2) is 54.0. The lowest BCUT2D eigenvalue weighted by molar-refractivity contribution is -0.870. The molecule has 0 radical (unpaired) electrons. The van der Waals surface area contributed by atoms with Gasteiger partial charge < -0.3 is 28.5 Å². The Morgan fingerprint density at radius 1 is 0.411 bits per heavy atom. The van der Waals surface area contributed by atoms with E-state index in [0.717, 1.165) is 128 Å². The Morgan fingerprint density at radius 2 is 0.740 bits per heavy atom. The van der Waals surface area contributed by atoms with E-state index in [4.69, 9.17) is 18.9 Å². The molecule has 2 unspecified atom stereocenters. The van der Waals surface area contributed by atoms with Crippen molar-refractivity contribution in [2.45, 2.75) is 219 Å². The summed E-state index contributed by atoms with van der Waals surface area (Å²) in [5.41, 5.74) is 0. The molecule has 1 N–H and O–H groups in total. The highest BCUT2D eigenvalue weighted by Gasteiger charge is 2.25. The fraction of sp³-hybridized carbons (Fsp3) is 0.641. The van der Waals surface area contributed by atoms with Gasteiger partial charge in [-0.25, -0.2) is 4.79 Å². The minimum absolute atomic E-state index is 0.178. The molecule has 0 aromatic carbocycles. The highest BCUT2D eigenvalue weighted by Crippen LogP contribution is 2.15. The predicted octanol–water partition coefficient (Wildman–Crippen LogP) is 16.9. The van der Waals surface area contributed by atoms with E-state index < -0.39 is 24.3 Å². The Bertz CT molecular complexity index is 1610. The summed E-state index contributed by atoms with van der Waals surface area (Å²) in [6.07, 6.45) is 72.7. The van der Waals surface area contributed by atoms with Crippen LogP contribution in [0.5, 0.6) is 0 Å². The van der Waals surface area contributed by atoms with Crippen LogP contribution in [0.25, 0.3) is 0 Å². The number of quaternary nitrogens is 1. The Kier molecular flexibility index (Phi) is 50.8. The average molecular weight is 1020 g/mol. The third kappa shape index (κ3) is 55.3. The fourth-order valence-corrected chi connectivity index (χ4v) is 7.36. The molecule has 0 aromatic rings. The van der Waals surface area contributed by atoms with Crippen molar-refractivity contribution in [1.82, 2.24) is 0 Å². The van der Waals surface area contributed by atoms with Crippen LogP contribution in [0.1, 0.15) is 206 Å². The quantitative estimate of drug-likeness (QED) is 0.0211. The van der Waals surface area contributed by atoms with Crippen LogP contribution >= 0.6 is 0 Å². The maximum atomic E-state index is 12.9. The van der Waals surface area contributed by atoms with Gasteiger partial charge in [0.25, 0.3) is 6.29 Å². The molecule has 9 heteroatoms. The molecule has 0 fully saturated rings. The smallest absolute Gasteiger partial charge is 0.361 e. The molecule has 0 aliphatic rings. The van der Waals surface area contributed by atoms with E-state index in [-0.39, 0.29) is 38.6 Å². The normalized spacial score (nSPS) is 13.7. The third-order valence-electron chi connectivity index (χ3n) is 11.7. The molecule has 0 bridgehead atoms. The monoisotopic (exact) mass is 1020 g/mol. The van der Waals surface area contributed by atoms with Crippen molar-refractivity contribution in [3.05, 3.63) is 122 Å². The summed E-state index contributed by atoms with van der Waals surface area (Å²) in [5, 5.41) is 9.70. The predicted molar refractivity (Wildman–Crippen MR) is 308 cm³/mol. The molecule has 0 saturated heterocycles. The summed E-state index contributed by atoms with van der Waals surface area (Å²) in [4.78, 5) is 37.4. The molecule has 0 heterocycles. The molecule has 73 heavy (non-hydrogen) atoms. The van der Waals surface area contributed by atoms with Crippen molar-refractivity contribution >= 4 is 17.9 Å². The topological polar surface area (TPSA) is 108 Å². The minimum Gasteiger partial charge on any atom is -0.477 e. The Morgan fingerprint density at radius 3 is 1.10 bits per heavy atom. The standard InChI is InChI=1S/C64H105NO8/c1-6-8-10-12-14-16-18-20-22-24-26-27-28-29-30-31-32-33-34-35-37-39-41-43-45-47-49-51-53-55-62(67)73-60(59-72-64(63(68)69)70-57-56-65(3,4)5)58-71-61(66)54-52-50-48-46-44-42-40-38-36-25-23-21-19-17-15-13-11-9-7-2/h8-11,14-17,20-23,26-27,29-30,32-33,36,38,60,64H,6-7,12-13,18-19,24-25,28,31,34-35,37,39-59H2,1-5H3/p+1/b10-8-,11-9-,16-14-,17-15-,22-20-,23-21-,27-26-,30-29-,33-32-,38-36-. The van der Waals surface area contributed by atoms with Gasteiger partial charge in [-0.05, 0) is 103 Å². The number of carbonyl (C=O) groups excluding carboxylic acids is 2. The summed E-state index contributed by atoms with van der Waals surface area (Å²) < 4.78 is 22.9. The van der Waals surface area contributed by atoms with Crippen molar-refractivity contribution in [2.75, 3.05) is 47.5 Å². The first-order valence-corrected chi connectivity index (χ1v) is 28.7. The highest BCUT2D eigenvalue weighted by molar-refractivity contribution is 5.71. The van der Waals surface area contributed by atoms with Crippen LogP contribution in [0.3, 0.4) is 0 Å². The molecule has 2 atom stereocenters. The Balaban J connectivity index is 4.30. The number of hydrogen-bond acceptors (Lipinski definition) is 7. The summed E-state index contributed by atoms with van der Waals surface area (Å²) in [6, 6.07) is 0. The molecule has 9 nitrogen and oxygen atoms in total. The van der Waals surface area contributed by atoms with Gasteiger partial charge in [-0.1, -0.05) is 212 Å². The summed E-state index contributed by atoms with van der Waals surface area (Å²) in [7, 11) is 5.95. The van der Waals surface area contributed by atoms with E-state index in [9.17, 15) is 19.5 Å². The number of carboxylic acids is 1. The van der Waals surface area contributed by atoms with Crippen molar-refractivity contribution in [2.24, 2.45) is 0 Å². The van der Waals surface area contributed by atoms with Crippen molar-refractivity contribution in [1.29, 1.82) is 0 Å². The number of ether oxygens (including phenoxy) is 4. The van der Waals surface area contributed by atoms with Crippen LogP contribution in [0, 0.1) is 0 Å². The molecule has 0 saturated carbocycles. The molecule has 0 amide bonds. The van der Waals surface area contributed by atoms with Crippen molar-refractivity contribution < 1.29 is 42.9 Å². The first-order chi connectivity index (χ1) is 35.6. The third-order valence-corrected chi connectivity index (χ3v) is 11.7. The summed E-state index contributed by atoms with van der Waals surface area (Å²) in [5.74, 6) is -2.04. The van der Waals surface area contributed by atoms with Crippen molar-refractivity contribution in [3.8, 4) is 0 Å². The first kappa shape index (κ1) is 68.7. The van der Waals surface area contributed by atoms with Gasteiger partial charge in [-0.2, -0.15) is 0 Å². The van der Waals surface area contributed by atoms with Gasteiger partial charge in [0.15, 0.2) is 6.10 Å². The van der Waals surface area contributed by atoms with E-state index in [1.54, 1.807) is 0 Å². The summed E-state index contributed by atoms with van der Waals surface area (Å²) >= 11 is 0. The van der Waals surface area contributed by atoms with Gasteiger partial charge in [-0.15, -0.1) is 0 Å². The van der Waals surface area contributed by atoms with Gasteiger partial charge in [0.05, 0.1) is 34.4 Å². The van der Waals surface area contributed by atoms with Gasteiger partial charge in [0.2, 0.25) is 0 Å². The van der Waals surface area contributed by atoms with Crippen LogP contribution in [-0.2, 0) is 33.3 Å². The van der Waals surface area contributed by atoms with Crippen LogP contribution in [0.15, 0.2) is 122 Å². The van der Waals surface area contributed by atoms with E-state index in [2.05, 4.69) is 135 Å². The van der Waals surface area contributed by atoms with Crippen LogP contribution in [-0.4, -0.2) is 87.4 Å². The molecule has 0 rings (SSSR count). The number of carboxylic acid groups (broad SMARTS) is 1. The Hall–Kier alpha value is -4.31. The van der Waals surface area contributed by atoms with Gasteiger partial charge in [0.1, 0.15) is 13.2 Å². The number of nitrogens with zero attached hydrogens (tertiary/aromatic N) is 1. The zero-order chi connectivity index (χ0) is 53.4. The molecular weight excluding hydrogens is 911 g/mol.